The van der Waals surface area contributed by atoms with Crippen LogP contribution in [-0.4, -0.2) is 19.9 Å². The standard InChI is InChI=1S/C27H23F2N3O3S2/c1-13-8-16(28)10-20(29)23(13)35-21-7-6-15(27(3,4)34)9-17(21)19-12-32(5)26(33)18-11-22(37-24(18)19)25-31-30-14(2)36-25/h6-12,34H,1-5H3. The predicted molar refractivity (Wildman–Crippen MR) is 143 cm³/mol. The fraction of sp³-hybridized carbons (Fsp3) is 0.222. The van der Waals surface area contributed by atoms with E-state index < -0.39 is 17.2 Å². The summed E-state index contributed by atoms with van der Waals surface area (Å²) in [5.41, 5.74) is 0.759. The van der Waals surface area contributed by atoms with Gasteiger partial charge in [0.15, 0.2) is 16.6 Å². The van der Waals surface area contributed by atoms with Gasteiger partial charge < -0.3 is 14.4 Å². The molecule has 2 aromatic carbocycles. The number of aryl methyl sites for hydroxylation is 3. The summed E-state index contributed by atoms with van der Waals surface area (Å²) < 4.78 is 36.6. The average molecular weight is 540 g/mol. The molecule has 0 atom stereocenters. The van der Waals surface area contributed by atoms with Gasteiger partial charge in [-0.05, 0) is 63.1 Å². The molecule has 5 rings (SSSR count). The molecule has 0 aliphatic rings. The van der Waals surface area contributed by atoms with Crippen LogP contribution < -0.4 is 10.3 Å². The summed E-state index contributed by atoms with van der Waals surface area (Å²) in [7, 11) is 1.65. The molecule has 190 valence electrons. The number of rotatable bonds is 5. The number of pyridine rings is 1. The third-order valence-corrected chi connectivity index (χ3v) is 8.15. The summed E-state index contributed by atoms with van der Waals surface area (Å²) in [4.78, 5) is 13.9. The van der Waals surface area contributed by atoms with Crippen molar-refractivity contribution in [1.29, 1.82) is 0 Å². The predicted octanol–water partition coefficient (Wildman–Crippen LogP) is 6.70. The maximum atomic E-state index is 14.7. The Balaban J connectivity index is 1.77. The van der Waals surface area contributed by atoms with Crippen LogP contribution in [0.2, 0.25) is 0 Å². The lowest BCUT2D eigenvalue weighted by Crippen LogP contribution is -2.17. The van der Waals surface area contributed by atoms with Gasteiger partial charge in [0.2, 0.25) is 0 Å². The highest BCUT2D eigenvalue weighted by atomic mass is 32.1. The van der Waals surface area contributed by atoms with E-state index >= 15 is 0 Å². The summed E-state index contributed by atoms with van der Waals surface area (Å²) in [6, 6.07) is 8.87. The lowest BCUT2D eigenvalue weighted by Gasteiger charge is -2.21. The number of ether oxygens (including phenoxy) is 1. The first-order valence-corrected chi connectivity index (χ1v) is 13.0. The minimum Gasteiger partial charge on any atom is -0.453 e. The molecular weight excluding hydrogens is 516 g/mol. The summed E-state index contributed by atoms with van der Waals surface area (Å²) in [6.07, 6.45) is 1.69. The van der Waals surface area contributed by atoms with E-state index in [0.29, 0.717) is 43.1 Å². The van der Waals surface area contributed by atoms with Crippen LogP contribution >= 0.6 is 22.7 Å². The van der Waals surface area contributed by atoms with E-state index in [-0.39, 0.29) is 11.3 Å². The van der Waals surface area contributed by atoms with E-state index in [9.17, 15) is 18.7 Å². The number of aromatic nitrogens is 3. The fourth-order valence-corrected chi connectivity index (χ4v) is 5.99. The second-order valence-corrected chi connectivity index (χ2v) is 11.6. The second kappa shape index (κ2) is 9.13. The van der Waals surface area contributed by atoms with Gasteiger partial charge in [-0.3, -0.25) is 4.79 Å². The van der Waals surface area contributed by atoms with Gasteiger partial charge in [0, 0.05) is 35.1 Å². The van der Waals surface area contributed by atoms with Crippen molar-refractivity contribution in [2.45, 2.75) is 33.3 Å². The van der Waals surface area contributed by atoms with Gasteiger partial charge in [0.25, 0.3) is 5.56 Å². The molecule has 0 saturated heterocycles. The molecule has 3 aromatic heterocycles. The minimum atomic E-state index is -1.17. The molecule has 1 N–H and O–H groups in total. The molecule has 37 heavy (non-hydrogen) atoms. The lowest BCUT2D eigenvalue weighted by molar-refractivity contribution is 0.0786. The number of thiophene rings is 1. The van der Waals surface area contributed by atoms with Crippen LogP contribution in [0, 0.1) is 25.5 Å². The molecule has 0 saturated carbocycles. The zero-order valence-corrected chi connectivity index (χ0v) is 22.4. The van der Waals surface area contributed by atoms with Gasteiger partial charge in [-0.2, -0.15) is 0 Å². The Morgan fingerprint density at radius 2 is 1.78 bits per heavy atom. The van der Waals surface area contributed by atoms with Gasteiger partial charge in [-0.1, -0.05) is 17.4 Å². The first-order chi connectivity index (χ1) is 17.4. The molecule has 0 aliphatic carbocycles. The number of aliphatic hydroxyl groups is 1. The molecule has 10 heteroatoms. The average Bonchev–Trinajstić information content (AvgIpc) is 3.45. The van der Waals surface area contributed by atoms with Crippen molar-refractivity contribution in [2.24, 2.45) is 7.05 Å². The summed E-state index contributed by atoms with van der Waals surface area (Å²) in [6.45, 7) is 6.75. The Kier molecular flexibility index (Phi) is 6.21. The topological polar surface area (TPSA) is 77.2 Å². The third-order valence-electron chi connectivity index (χ3n) is 5.97. The van der Waals surface area contributed by atoms with E-state index in [0.717, 1.165) is 16.0 Å². The highest BCUT2D eigenvalue weighted by molar-refractivity contribution is 7.26. The monoisotopic (exact) mass is 539 g/mol. The minimum absolute atomic E-state index is 0.101. The number of halogens is 2. The number of hydrogen-bond donors (Lipinski definition) is 1. The van der Waals surface area contributed by atoms with Crippen molar-refractivity contribution >= 4 is 32.8 Å². The molecule has 0 spiro atoms. The Bertz CT molecular complexity index is 1710. The van der Waals surface area contributed by atoms with Gasteiger partial charge in [0.05, 0.1) is 15.9 Å². The lowest BCUT2D eigenvalue weighted by atomic mass is 9.93. The van der Waals surface area contributed by atoms with E-state index in [2.05, 4.69) is 10.2 Å². The normalized spacial score (nSPS) is 11.9. The summed E-state index contributed by atoms with van der Waals surface area (Å²) in [5, 5.41) is 21.0. The van der Waals surface area contributed by atoms with Gasteiger partial charge in [-0.25, -0.2) is 8.78 Å². The van der Waals surface area contributed by atoms with Crippen molar-refractivity contribution in [3.8, 4) is 32.5 Å². The Morgan fingerprint density at radius 1 is 1.03 bits per heavy atom. The smallest absolute Gasteiger partial charge is 0.259 e. The fourth-order valence-electron chi connectivity index (χ4n) is 4.08. The summed E-state index contributed by atoms with van der Waals surface area (Å²) >= 11 is 2.83. The molecule has 0 unspecified atom stereocenters. The highest BCUT2D eigenvalue weighted by Gasteiger charge is 2.23. The van der Waals surface area contributed by atoms with Crippen molar-refractivity contribution in [3.63, 3.8) is 0 Å². The molecule has 3 heterocycles. The van der Waals surface area contributed by atoms with E-state index in [1.807, 2.05) is 6.92 Å². The van der Waals surface area contributed by atoms with Crippen LogP contribution in [0.25, 0.3) is 31.1 Å². The zero-order chi connectivity index (χ0) is 26.6. The molecule has 0 bridgehead atoms. The summed E-state index contributed by atoms with van der Waals surface area (Å²) in [5.74, 6) is -1.33. The molecule has 0 fully saturated rings. The largest absolute Gasteiger partial charge is 0.453 e. The molecule has 5 aromatic rings. The van der Waals surface area contributed by atoms with Crippen molar-refractivity contribution < 1.29 is 18.6 Å². The van der Waals surface area contributed by atoms with E-state index in [1.165, 1.54) is 33.3 Å². The Morgan fingerprint density at radius 3 is 2.43 bits per heavy atom. The third kappa shape index (κ3) is 4.68. The number of hydrogen-bond acceptors (Lipinski definition) is 7. The Labute approximate surface area is 219 Å². The van der Waals surface area contributed by atoms with Crippen molar-refractivity contribution in [2.75, 3.05) is 0 Å². The zero-order valence-electron chi connectivity index (χ0n) is 20.7. The quantitative estimate of drug-likeness (QED) is 0.269. The van der Waals surface area contributed by atoms with Gasteiger partial charge in [0.1, 0.15) is 16.6 Å². The van der Waals surface area contributed by atoms with E-state index in [4.69, 9.17) is 4.74 Å². The SMILES string of the molecule is Cc1nnc(-c2cc3c(=O)n(C)cc(-c4cc(C(C)(C)O)ccc4Oc4c(C)cc(F)cc4F)c3s2)s1. The number of nitrogens with zero attached hydrogens (tertiary/aromatic N) is 3. The molecule has 0 radical (unpaired) electrons. The maximum Gasteiger partial charge on any atom is 0.259 e. The molecular formula is C27H23F2N3O3S2. The van der Waals surface area contributed by atoms with Gasteiger partial charge >= 0.3 is 0 Å². The van der Waals surface area contributed by atoms with Crippen LogP contribution in [0.1, 0.15) is 30.0 Å². The van der Waals surface area contributed by atoms with Crippen LogP contribution in [0.15, 0.2) is 47.4 Å². The maximum absolute atomic E-state index is 14.7. The highest BCUT2D eigenvalue weighted by Crippen LogP contribution is 2.44. The van der Waals surface area contributed by atoms with Crippen molar-refractivity contribution in [3.05, 3.63) is 80.7 Å². The number of benzene rings is 2. The van der Waals surface area contributed by atoms with E-state index in [1.54, 1.807) is 58.3 Å². The van der Waals surface area contributed by atoms with Gasteiger partial charge in [-0.15, -0.1) is 21.5 Å². The van der Waals surface area contributed by atoms with Crippen LogP contribution in [0.4, 0.5) is 8.78 Å². The molecule has 0 aliphatic heterocycles. The van der Waals surface area contributed by atoms with Crippen LogP contribution in [-0.2, 0) is 12.6 Å². The van der Waals surface area contributed by atoms with Crippen molar-refractivity contribution in [1.82, 2.24) is 14.8 Å². The first kappa shape index (κ1) is 25.2. The van der Waals surface area contributed by atoms with Crippen LogP contribution in [0.3, 0.4) is 0 Å². The number of fused-ring (bicyclic) bond motifs is 1. The second-order valence-electron chi connectivity index (χ2n) is 9.34. The Hall–Kier alpha value is -3.47. The molecule has 0 amide bonds. The van der Waals surface area contributed by atoms with Crippen LogP contribution in [0.5, 0.6) is 11.5 Å². The molecule has 6 nitrogen and oxygen atoms in total. The first-order valence-electron chi connectivity index (χ1n) is 11.4.